The number of nitrogens with zero attached hydrogens (tertiary/aromatic N) is 1. The second-order valence-corrected chi connectivity index (χ2v) is 7.16. The van der Waals surface area contributed by atoms with Crippen LogP contribution in [0, 0.1) is 6.92 Å². The van der Waals surface area contributed by atoms with Gasteiger partial charge in [-0.15, -0.1) is 6.58 Å². The topological polar surface area (TPSA) is 46.6 Å². The van der Waals surface area contributed by atoms with Crippen molar-refractivity contribution in [3.05, 3.63) is 66.7 Å². The van der Waals surface area contributed by atoms with E-state index in [4.69, 9.17) is 4.74 Å². The van der Waals surface area contributed by atoms with Gasteiger partial charge in [-0.3, -0.25) is 4.31 Å². The van der Waals surface area contributed by atoms with Gasteiger partial charge in [0.1, 0.15) is 11.9 Å². The molecule has 4 nitrogen and oxygen atoms in total. The monoisotopic (exact) mass is 349 g/mol. The lowest BCUT2D eigenvalue weighted by atomic mass is 10.2. The number of ether oxygens (including phenoxy) is 1. The lowest BCUT2D eigenvalue weighted by Gasteiger charge is -2.25. The van der Waals surface area contributed by atoms with E-state index in [0.29, 0.717) is 11.4 Å². The van der Waals surface area contributed by atoms with Gasteiger partial charge in [0.15, 0.2) is 0 Å². The second-order valence-electron chi connectivity index (χ2n) is 5.30. The fourth-order valence-corrected chi connectivity index (χ4v) is 3.63. The summed E-state index contributed by atoms with van der Waals surface area (Å²) in [7, 11) is -2.37. The third-order valence-corrected chi connectivity index (χ3v) is 5.37. The number of sulfonamides is 1. The van der Waals surface area contributed by atoms with Gasteiger partial charge in [-0.1, -0.05) is 23.8 Å². The molecule has 0 unspecified atom stereocenters. The fourth-order valence-electron chi connectivity index (χ4n) is 2.16. The van der Waals surface area contributed by atoms with E-state index in [1.165, 1.54) is 19.2 Å². The van der Waals surface area contributed by atoms with Gasteiger partial charge in [-0.25, -0.2) is 12.8 Å². The first-order chi connectivity index (χ1) is 11.4. The van der Waals surface area contributed by atoms with Crippen molar-refractivity contribution < 1.29 is 17.5 Å². The number of methoxy groups -OCH3 is 1. The maximum atomic E-state index is 13.9. The molecule has 1 atom stereocenters. The largest absolute Gasteiger partial charge is 0.497 e. The normalized spacial score (nSPS) is 12.5. The molecule has 0 aliphatic rings. The number of aryl methyl sites for hydroxylation is 1. The molecular formula is C18H20FNO3S. The zero-order chi connectivity index (χ0) is 17.7. The molecule has 2 aromatic carbocycles. The van der Waals surface area contributed by atoms with E-state index in [2.05, 4.69) is 6.58 Å². The van der Waals surface area contributed by atoms with Gasteiger partial charge in [0.25, 0.3) is 10.0 Å². The van der Waals surface area contributed by atoms with Gasteiger partial charge in [0.2, 0.25) is 0 Å². The molecule has 0 amide bonds. The van der Waals surface area contributed by atoms with Crippen LogP contribution in [-0.4, -0.2) is 28.2 Å². The number of anilines is 1. The van der Waals surface area contributed by atoms with Crippen LogP contribution in [-0.2, 0) is 10.0 Å². The summed E-state index contributed by atoms with van der Waals surface area (Å²) in [4.78, 5) is 0.111. The Kier molecular flexibility index (Phi) is 5.62. The second kappa shape index (κ2) is 7.49. The Morgan fingerprint density at radius 3 is 2.25 bits per heavy atom. The molecule has 128 valence electrons. The Hall–Kier alpha value is -2.34. The van der Waals surface area contributed by atoms with E-state index in [1.807, 2.05) is 6.92 Å². The van der Waals surface area contributed by atoms with Crippen LogP contribution in [0.3, 0.4) is 0 Å². The van der Waals surface area contributed by atoms with Crippen molar-refractivity contribution in [1.29, 1.82) is 0 Å². The molecule has 0 saturated carbocycles. The van der Waals surface area contributed by atoms with Crippen LogP contribution < -0.4 is 9.04 Å². The number of alkyl halides is 1. The van der Waals surface area contributed by atoms with Gasteiger partial charge >= 0.3 is 0 Å². The third kappa shape index (κ3) is 3.94. The molecule has 0 aliphatic carbocycles. The van der Waals surface area contributed by atoms with Crippen LogP contribution in [0.15, 0.2) is 66.1 Å². The Morgan fingerprint density at radius 1 is 1.17 bits per heavy atom. The van der Waals surface area contributed by atoms with Crippen LogP contribution in [0.4, 0.5) is 10.1 Å². The lowest BCUT2D eigenvalue weighted by molar-refractivity contribution is 0.408. The average Bonchev–Trinajstić information content (AvgIpc) is 2.59. The van der Waals surface area contributed by atoms with Crippen molar-refractivity contribution in [2.45, 2.75) is 18.0 Å². The fraction of sp³-hybridized carbons (Fsp3) is 0.222. The molecule has 0 radical (unpaired) electrons. The standard InChI is InChI=1S/C18H20FNO3S/c1-4-15(19)13-20(16-7-9-17(23-3)10-8-16)24(21,22)18-11-5-14(2)6-12-18/h4-12,15H,1,13H2,2-3H3/t15-/m1/s1. The van der Waals surface area contributed by atoms with Gasteiger partial charge in [-0.2, -0.15) is 0 Å². The lowest BCUT2D eigenvalue weighted by Crippen LogP contribution is -2.35. The summed E-state index contributed by atoms with van der Waals surface area (Å²) in [6.07, 6.45) is -0.395. The SMILES string of the molecule is C=C[C@@H](F)CN(c1ccc(OC)cc1)S(=O)(=O)c1ccc(C)cc1. The summed E-state index contributed by atoms with van der Waals surface area (Å²) in [6.45, 7) is 4.91. The number of hydrogen-bond acceptors (Lipinski definition) is 3. The minimum absolute atomic E-state index is 0.111. The molecule has 0 heterocycles. The van der Waals surface area contributed by atoms with E-state index in [9.17, 15) is 12.8 Å². The van der Waals surface area contributed by atoms with Crippen LogP contribution in [0.2, 0.25) is 0 Å². The molecule has 24 heavy (non-hydrogen) atoms. The summed E-state index contributed by atoms with van der Waals surface area (Å²) in [5.74, 6) is 0.590. The zero-order valence-corrected chi connectivity index (χ0v) is 14.5. The molecule has 0 aliphatic heterocycles. The quantitative estimate of drug-likeness (QED) is 0.716. The molecule has 2 aromatic rings. The predicted octanol–water partition coefficient (Wildman–Crippen LogP) is 3.72. The Bertz CT molecular complexity index is 786. The summed E-state index contributed by atoms with van der Waals surface area (Å²) < 4.78 is 45.9. The number of benzene rings is 2. The highest BCUT2D eigenvalue weighted by Gasteiger charge is 2.27. The van der Waals surface area contributed by atoms with Crippen LogP contribution in [0.1, 0.15) is 5.56 Å². The van der Waals surface area contributed by atoms with Crippen LogP contribution in [0.25, 0.3) is 0 Å². The molecular weight excluding hydrogens is 329 g/mol. The summed E-state index contributed by atoms with van der Waals surface area (Å²) >= 11 is 0. The van der Waals surface area contributed by atoms with Gasteiger partial charge in [0.05, 0.1) is 24.2 Å². The molecule has 0 saturated heterocycles. The van der Waals surface area contributed by atoms with Crippen LogP contribution in [0.5, 0.6) is 5.75 Å². The Balaban J connectivity index is 2.47. The first kappa shape index (κ1) is 18.0. The van der Waals surface area contributed by atoms with E-state index in [1.54, 1.807) is 36.4 Å². The van der Waals surface area contributed by atoms with E-state index in [-0.39, 0.29) is 11.4 Å². The highest BCUT2D eigenvalue weighted by atomic mass is 32.2. The minimum atomic E-state index is -3.89. The number of hydrogen-bond donors (Lipinski definition) is 0. The minimum Gasteiger partial charge on any atom is -0.497 e. The highest BCUT2D eigenvalue weighted by Crippen LogP contribution is 2.26. The van der Waals surface area contributed by atoms with Crippen molar-refractivity contribution in [3.8, 4) is 5.75 Å². The molecule has 0 aromatic heterocycles. The molecule has 0 bridgehead atoms. The number of halogens is 1. The molecule has 0 spiro atoms. The van der Waals surface area contributed by atoms with Crippen molar-refractivity contribution >= 4 is 15.7 Å². The van der Waals surface area contributed by atoms with Crippen molar-refractivity contribution in [3.63, 3.8) is 0 Å². The third-order valence-electron chi connectivity index (χ3n) is 3.57. The Morgan fingerprint density at radius 2 is 1.75 bits per heavy atom. The molecule has 0 N–H and O–H groups in total. The van der Waals surface area contributed by atoms with Gasteiger partial charge < -0.3 is 4.74 Å². The van der Waals surface area contributed by atoms with E-state index >= 15 is 0 Å². The smallest absolute Gasteiger partial charge is 0.264 e. The molecule has 0 fully saturated rings. The molecule has 6 heteroatoms. The van der Waals surface area contributed by atoms with Gasteiger partial charge in [-0.05, 0) is 43.3 Å². The summed E-state index contributed by atoms with van der Waals surface area (Å²) in [5, 5.41) is 0. The predicted molar refractivity (Wildman–Crippen MR) is 93.8 cm³/mol. The van der Waals surface area contributed by atoms with E-state index in [0.717, 1.165) is 15.9 Å². The first-order valence-corrected chi connectivity index (χ1v) is 8.82. The average molecular weight is 349 g/mol. The Labute approximate surface area is 142 Å². The summed E-state index contributed by atoms with van der Waals surface area (Å²) in [6, 6.07) is 12.9. The van der Waals surface area contributed by atoms with Gasteiger partial charge in [0, 0.05) is 0 Å². The first-order valence-electron chi connectivity index (χ1n) is 7.38. The van der Waals surface area contributed by atoms with Crippen molar-refractivity contribution in [1.82, 2.24) is 0 Å². The zero-order valence-electron chi connectivity index (χ0n) is 13.6. The highest BCUT2D eigenvalue weighted by molar-refractivity contribution is 7.92. The molecule has 2 rings (SSSR count). The van der Waals surface area contributed by atoms with Crippen molar-refractivity contribution in [2.24, 2.45) is 0 Å². The summed E-state index contributed by atoms with van der Waals surface area (Å²) in [5.41, 5.74) is 1.31. The maximum absolute atomic E-state index is 13.9. The van der Waals surface area contributed by atoms with Crippen LogP contribution >= 0.6 is 0 Å². The maximum Gasteiger partial charge on any atom is 0.264 e. The van der Waals surface area contributed by atoms with E-state index < -0.39 is 16.2 Å². The van der Waals surface area contributed by atoms with Crippen molar-refractivity contribution in [2.75, 3.05) is 18.0 Å². The number of rotatable bonds is 7.